The second-order valence-corrected chi connectivity index (χ2v) is 7.36. The Labute approximate surface area is 148 Å². The lowest BCUT2D eigenvalue weighted by molar-refractivity contribution is -0.205. The van der Waals surface area contributed by atoms with Crippen molar-refractivity contribution in [3.05, 3.63) is 12.7 Å². The van der Waals surface area contributed by atoms with Crippen LogP contribution in [0.3, 0.4) is 0 Å². The highest BCUT2D eigenvalue weighted by atomic mass is 32.3. The van der Waals surface area contributed by atoms with Crippen molar-refractivity contribution in [3.63, 3.8) is 0 Å². The van der Waals surface area contributed by atoms with Crippen molar-refractivity contribution in [1.82, 2.24) is 0 Å². The van der Waals surface area contributed by atoms with Gasteiger partial charge >= 0.3 is 10.4 Å². The van der Waals surface area contributed by atoms with Crippen LogP contribution in [0.2, 0.25) is 0 Å². The molecule has 25 heavy (non-hydrogen) atoms. The lowest BCUT2D eigenvalue weighted by atomic mass is 10.0. The van der Waals surface area contributed by atoms with Crippen molar-refractivity contribution < 1.29 is 47.5 Å². The number of nitrogens with zero attached hydrogens (tertiary/aromatic N) is 1. The van der Waals surface area contributed by atoms with Crippen LogP contribution >= 0.6 is 11.8 Å². The number of thioether (sulfide) groups is 1. The fourth-order valence-corrected chi connectivity index (χ4v) is 3.34. The van der Waals surface area contributed by atoms with Crippen molar-refractivity contribution in [2.24, 2.45) is 5.16 Å². The zero-order valence-electron chi connectivity index (χ0n) is 12.9. The molecule has 0 aromatic carbocycles. The maximum Gasteiger partial charge on any atom is 0.466 e. The summed E-state index contributed by atoms with van der Waals surface area (Å²) in [5, 5.41) is 51.3. The molecule has 0 radical (unpaired) electrons. The van der Waals surface area contributed by atoms with E-state index in [0.29, 0.717) is 11.8 Å². The van der Waals surface area contributed by atoms with Gasteiger partial charge in [-0.15, -0.1) is 6.58 Å². The largest absolute Gasteiger partial charge is 0.466 e. The molecule has 0 aromatic heterocycles. The highest BCUT2D eigenvalue weighted by molar-refractivity contribution is 8.14. The summed E-state index contributed by atoms with van der Waals surface area (Å²) < 4.78 is 39.0. The second kappa shape index (κ2) is 9.80. The number of ether oxygens (including phenoxy) is 1. The zero-order chi connectivity index (χ0) is 19.2. The third kappa shape index (κ3) is 7.16. The van der Waals surface area contributed by atoms with Gasteiger partial charge in [0.15, 0.2) is 0 Å². The molecule has 6 atom stereocenters. The molecule has 1 rings (SSSR count). The van der Waals surface area contributed by atoms with E-state index in [4.69, 9.17) is 14.4 Å². The van der Waals surface area contributed by atoms with Crippen LogP contribution in [0.15, 0.2) is 17.8 Å². The van der Waals surface area contributed by atoms with Crippen molar-refractivity contribution in [3.8, 4) is 0 Å². The number of aliphatic hydroxyl groups excluding tert-OH is 5. The van der Waals surface area contributed by atoms with E-state index in [-0.39, 0.29) is 17.9 Å². The van der Waals surface area contributed by atoms with Crippen LogP contribution in [-0.4, -0.2) is 86.1 Å². The average molecular weight is 403 g/mol. The first-order chi connectivity index (χ1) is 11.6. The van der Waals surface area contributed by atoms with Crippen LogP contribution in [0.5, 0.6) is 0 Å². The molecule has 0 spiro atoms. The van der Waals surface area contributed by atoms with Gasteiger partial charge in [-0.2, -0.15) is 8.42 Å². The molecule has 1 aliphatic rings. The predicted molar refractivity (Wildman–Crippen MR) is 86.9 cm³/mol. The van der Waals surface area contributed by atoms with Crippen molar-refractivity contribution >= 4 is 27.2 Å². The maximum atomic E-state index is 10.6. The normalized spacial score (nSPS) is 32.2. The minimum atomic E-state index is -4.89. The Morgan fingerprint density at radius 1 is 1.32 bits per heavy atom. The standard InChI is InChI=1S/C12H21NO10S2/c1-2-3-6(15)4-8(13-23-25(19,20)21)24-12-11(18)10(17)9(16)7(5-14)22-12/h2,6-7,9-12,14-18H,1,3-5H2,(H,19,20,21)/b13-8-/t6-,7+,9-,10-,11+,12-/m0/s1. The molecule has 0 unspecified atom stereocenters. The lowest BCUT2D eigenvalue weighted by Gasteiger charge is -2.39. The summed E-state index contributed by atoms with van der Waals surface area (Å²) in [6, 6.07) is 0. The van der Waals surface area contributed by atoms with E-state index in [9.17, 15) is 28.8 Å². The molecule has 146 valence electrons. The predicted octanol–water partition coefficient (Wildman–Crippen LogP) is -2.02. The fourth-order valence-electron chi connectivity index (χ4n) is 1.97. The first kappa shape index (κ1) is 22.3. The quantitative estimate of drug-likeness (QED) is 0.0863. The Balaban J connectivity index is 2.92. The molecule has 0 amide bonds. The second-order valence-electron chi connectivity index (χ2n) is 5.18. The maximum absolute atomic E-state index is 10.6. The molecule has 1 aliphatic heterocycles. The molecule has 1 heterocycles. The molecule has 0 aromatic rings. The lowest BCUT2D eigenvalue weighted by Crippen LogP contribution is -2.57. The number of aliphatic hydroxyl groups is 5. The first-order valence-corrected chi connectivity index (χ1v) is 9.32. The summed E-state index contributed by atoms with van der Waals surface area (Å²) in [7, 11) is -4.89. The summed E-state index contributed by atoms with van der Waals surface area (Å²) >= 11 is 0.594. The smallest absolute Gasteiger partial charge is 0.394 e. The van der Waals surface area contributed by atoms with Crippen molar-refractivity contribution in [2.45, 2.75) is 48.8 Å². The van der Waals surface area contributed by atoms with Crippen LogP contribution in [0, 0.1) is 0 Å². The van der Waals surface area contributed by atoms with E-state index in [1.54, 1.807) is 0 Å². The molecule has 1 fully saturated rings. The number of hydrogen-bond donors (Lipinski definition) is 6. The van der Waals surface area contributed by atoms with Gasteiger partial charge in [-0.05, 0) is 6.42 Å². The van der Waals surface area contributed by atoms with Gasteiger partial charge in [0.05, 0.1) is 12.7 Å². The molecular formula is C12H21NO10S2. The Kier molecular flexibility index (Phi) is 8.73. The third-order valence-electron chi connectivity index (χ3n) is 3.18. The van der Waals surface area contributed by atoms with Gasteiger partial charge in [-0.3, -0.25) is 4.55 Å². The summed E-state index contributed by atoms with van der Waals surface area (Å²) in [6.45, 7) is 2.79. The SMILES string of the molecule is C=CC[C@H](O)C/C(=N/OS(=O)(=O)O)S[C@@H]1O[C@H](CO)[C@H](O)[C@H](O)[C@H]1O. The van der Waals surface area contributed by atoms with E-state index < -0.39 is 53.0 Å². The van der Waals surface area contributed by atoms with Gasteiger partial charge in [-0.25, -0.2) is 4.28 Å². The van der Waals surface area contributed by atoms with Gasteiger partial charge < -0.3 is 30.3 Å². The summed E-state index contributed by atoms with van der Waals surface area (Å²) in [5.74, 6) is 0. The number of rotatable bonds is 8. The molecule has 0 bridgehead atoms. The molecule has 0 aliphatic carbocycles. The minimum absolute atomic E-state index is 0.139. The highest BCUT2D eigenvalue weighted by Gasteiger charge is 2.44. The Morgan fingerprint density at radius 3 is 2.48 bits per heavy atom. The fraction of sp³-hybridized carbons (Fsp3) is 0.750. The monoisotopic (exact) mass is 403 g/mol. The van der Waals surface area contributed by atoms with E-state index in [0.717, 1.165) is 0 Å². The third-order valence-corrected chi connectivity index (χ3v) is 4.58. The summed E-state index contributed by atoms with van der Waals surface area (Å²) in [6.07, 6.45) is -5.67. The first-order valence-electron chi connectivity index (χ1n) is 7.08. The van der Waals surface area contributed by atoms with Crippen molar-refractivity contribution in [1.29, 1.82) is 0 Å². The topological polar surface area (TPSA) is 186 Å². The Hall–Kier alpha value is -0.770. The van der Waals surface area contributed by atoms with E-state index in [1.807, 2.05) is 0 Å². The molecule has 1 saturated heterocycles. The highest BCUT2D eigenvalue weighted by Crippen LogP contribution is 2.30. The van der Waals surface area contributed by atoms with Gasteiger partial charge in [0, 0.05) is 6.42 Å². The van der Waals surface area contributed by atoms with E-state index in [2.05, 4.69) is 16.0 Å². The molecular weight excluding hydrogens is 382 g/mol. The average Bonchev–Trinajstić information content (AvgIpc) is 2.52. The minimum Gasteiger partial charge on any atom is -0.394 e. The zero-order valence-corrected chi connectivity index (χ0v) is 14.6. The molecule has 6 N–H and O–H groups in total. The number of oxime groups is 1. The van der Waals surface area contributed by atoms with Crippen LogP contribution < -0.4 is 0 Å². The van der Waals surface area contributed by atoms with Gasteiger partial charge in [0.2, 0.25) is 0 Å². The van der Waals surface area contributed by atoms with E-state index in [1.165, 1.54) is 6.08 Å². The molecule has 0 saturated carbocycles. The van der Waals surface area contributed by atoms with Crippen LogP contribution in [0.25, 0.3) is 0 Å². The van der Waals surface area contributed by atoms with Crippen LogP contribution in [0.1, 0.15) is 12.8 Å². The van der Waals surface area contributed by atoms with E-state index >= 15 is 0 Å². The van der Waals surface area contributed by atoms with Crippen LogP contribution in [-0.2, 0) is 19.4 Å². The molecule has 11 nitrogen and oxygen atoms in total. The molecule has 13 heteroatoms. The van der Waals surface area contributed by atoms with Gasteiger partial charge in [-0.1, -0.05) is 23.0 Å². The van der Waals surface area contributed by atoms with Crippen LogP contribution in [0.4, 0.5) is 0 Å². The van der Waals surface area contributed by atoms with Crippen molar-refractivity contribution in [2.75, 3.05) is 6.61 Å². The number of hydrogen-bond acceptors (Lipinski definition) is 11. The Bertz CT molecular complexity index is 566. The van der Waals surface area contributed by atoms with Gasteiger partial charge in [0.1, 0.15) is 34.9 Å². The van der Waals surface area contributed by atoms with Gasteiger partial charge in [0.25, 0.3) is 0 Å². The summed E-state index contributed by atoms with van der Waals surface area (Å²) in [5.41, 5.74) is -1.25. The Morgan fingerprint density at radius 2 is 1.96 bits per heavy atom. The summed E-state index contributed by atoms with van der Waals surface area (Å²) in [4.78, 5) is 0.